The molecule has 0 unspecified atom stereocenters. The van der Waals surface area contributed by atoms with Crippen LogP contribution >= 0.6 is 11.6 Å². The lowest BCUT2D eigenvalue weighted by atomic mass is 10.2. The lowest BCUT2D eigenvalue weighted by molar-refractivity contribution is -0.137. The molecule has 0 aliphatic rings. The molecule has 1 aromatic carbocycles. The Morgan fingerprint density at radius 2 is 2.08 bits per heavy atom. The van der Waals surface area contributed by atoms with Crippen molar-refractivity contribution < 1.29 is 23.5 Å². The summed E-state index contributed by atoms with van der Waals surface area (Å²) in [7, 11) is 1.43. The maximum Gasteiger partial charge on any atom is 0.340 e. The Labute approximate surface area is 154 Å². The number of hydrogen-bond acceptors (Lipinski definition) is 6. The van der Waals surface area contributed by atoms with E-state index in [2.05, 4.69) is 5.32 Å². The minimum atomic E-state index is -0.747. The molecule has 8 nitrogen and oxygen atoms in total. The zero-order chi connectivity index (χ0) is 19.1. The third kappa shape index (κ3) is 5.52. The van der Waals surface area contributed by atoms with E-state index in [0.29, 0.717) is 10.8 Å². The summed E-state index contributed by atoms with van der Waals surface area (Å²) in [6.07, 6.45) is 1.50. The number of furan rings is 1. The van der Waals surface area contributed by atoms with Crippen LogP contribution in [0.2, 0.25) is 5.02 Å². The monoisotopic (exact) mass is 379 g/mol. The zero-order valence-corrected chi connectivity index (χ0v) is 14.8. The van der Waals surface area contributed by atoms with Crippen LogP contribution in [-0.2, 0) is 20.9 Å². The molecule has 1 aromatic heterocycles. The van der Waals surface area contributed by atoms with Crippen molar-refractivity contribution in [2.75, 3.05) is 25.9 Å². The molecule has 9 heteroatoms. The second-order valence-corrected chi connectivity index (χ2v) is 5.85. The van der Waals surface area contributed by atoms with Gasteiger partial charge < -0.3 is 25.1 Å². The van der Waals surface area contributed by atoms with Crippen LogP contribution in [0.3, 0.4) is 0 Å². The number of carbonyl (C=O) groups excluding carboxylic acids is 3. The number of amides is 2. The van der Waals surface area contributed by atoms with Gasteiger partial charge in [0.15, 0.2) is 6.61 Å². The second-order valence-electron chi connectivity index (χ2n) is 5.41. The van der Waals surface area contributed by atoms with Crippen molar-refractivity contribution in [3.63, 3.8) is 0 Å². The lowest BCUT2D eigenvalue weighted by Gasteiger charge is -2.16. The molecule has 0 spiro atoms. The number of rotatable bonds is 7. The highest BCUT2D eigenvalue weighted by Gasteiger charge is 2.17. The minimum absolute atomic E-state index is 0.112. The van der Waals surface area contributed by atoms with E-state index >= 15 is 0 Å². The molecule has 0 aliphatic heterocycles. The number of benzene rings is 1. The molecule has 2 rings (SSSR count). The van der Waals surface area contributed by atoms with Crippen molar-refractivity contribution in [3.8, 4) is 0 Å². The van der Waals surface area contributed by atoms with Crippen molar-refractivity contribution in [1.29, 1.82) is 0 Å². The van der Waals surface area contributed by atoms with Crippen LogP contribution in [0.25, 0.3) is 0 Å². The number of halogens is 1. The Balaban J connectivity index is 1.77. The predicted molar refractivity (Wildman–Crippen MR) is 94.3 cm³/mol. The average molecular weight is 380 g/mol. The molecule has 3 N–H and O–H groups in total. The molecule has 0 bridgehead atoms. The van der Waals surface area contributed by atoms with Gasteiger partial charge in [0.1, 0.15) is 5.76 Å². The molecule has 2 aromatic rings. The summed E-state index contributed by atoms with van der Waals surface area (Å²) in [5.41, 5.74) is 5.95. The van der Waals surface area contributed by atoms with Crippen LogP contribution in [0.15, 0.2) is 41.0 Å². The van der Waals surface area contributed by atoms with E-state index in [9.17, 15) is 14.4 Å². The summed E-state index contributed by atoms with van der Waals surface area (Å²) >= 11 is 5.76. The van der Waals surface area contributed by atoms with Crippen molar-refractivity contribution in [3.05, 3.63) is 52.9 Å². The van der Waals surface area contributed by atoms with Gasteiger partial charge in [-0.1, -0.05) is 11.6 Å². The van der Waals surface area contributed by atoms with Crippen LogP contribution in [0, 0.1) is 0 Å². The number of esters is 1. The molecule has 0 atom stereocenters. The summed E-state index contributed by atoms with van der Waals surface area (Å²) in [6.45, 7) is -0.471. The molecular formula is C17H18ClN3O5. The van der Waals surface area contributed by atoms with Crippen molar-refractivity contribution in [2.45, 2.75) is 6.54 Å². The first-order valence-electron chi connectivity index (χ1n) is 7.62. The molecule has 0 radical (unpaired) electrons. The highest BCUT2D eigenvalue weighted by molar-refractivity contribution is 6.31. The molecule has 26 heavy (non-hydrogen) atoms. The number of nitrogens with zero attached hydrogens (tertiary/aromatic N) is 1. The van der Waals surface area contributed by atoms with Crippen molar-refractivity contribution in [2.24, 2.45) is 0 Å². The van der Waals surface area contributed by atoms with Gasteiger partial charge in [-0.2, -0.15) is 0 Å². The summed E-state index contributed by atoms with van der Waals surface area (Å²) in [4.78, 5) is 36.9. The number of nitrogens with one attached hydrogen (secondary N) is 1. The van der Waals surface area contributed by atoms with Gasteiger partial charge in [0.25, 0.3) is 5.91 Å². The molecular weight excluding hydrogens is 362 g/mol. The largest absolute Gasteiger partial charge is 0.467 e. The lowest BCUT2D eigenvalue weighted by Crippen LogP contribution is -2.39. The van der Waals surface area contributed by atoms with E-state index in [4.69, 9.17) is 26.5 Å². The number of likely N-dealkylation sites (N-methyl/N-ethyl adjacent to an activating group) is 1. The SMILES string of the molecule is CN(CC(=O)NCc1ccco1)C(=O)COC(=O)c1ccc(Cl)cc1N. The van der Waals surface area contributed by atoms with Gasteiger partial charge in [0, 0.05) is 17.8 Å². The van der Waals surface area contributed by atoms with Crippen molar-refractivity contribution in [1.82, 2.24) is 10.2 Å². The van der Waals surface area contributed by atoms with E-state index in [1.54, 1.807) is 12.1 Å². The van der Waals surface area contributed by atoms with Gasteiger partial charge in [-0.3, -0.25) is 9.59 Å². The van der Waals surface area contributed by atoms with Gasteiger partial charge in [-0.15, -0.1) is 0 Å². The fourth-order valence-corrected chi connectivity index (χ4v) is 2.17. The zero-order valence-electron chi connectivity index (χ0n) is 14.0. The normalized spacial score (nSPS) is 10.2. The van der Waals surface area contributed by atoms with Crippen LogP contribution in [0.5, 0.6) is 0 Å². The molecule has 138 valence electrons. The Bertz CT molecular complexity index is 792. The second kappa shape index (κ2) is 8.91. The van der Waals surface area contributed by atoms with Gasteiger partial charge in [0.05, 0.1) is 24.9 Å². The van der Waals surface area contributed by atoms with Crippen LogP contribution in [-0.4, -0.2) is 42.9 Å². The Morgan fingerprint density at radius 3 is 2.73 bits per heavy atom. The maximum absolute atomic E-state index is 12.0. The molecule has 0 saturated heterocycles. The van der Waals surface area contributed by atoms with Gasteiger partial charge in [-0.05, 0) is 30.3 Å². The fourth-order valence-electron chi connectivity index (χ4n) is 1.99. The number of ether oxygens (including phenoxy) is 1. The maximum atomic E-state index is 12.0. The highest BCUT2D eigenvalue weighted by atomic mass is 35.5. The molecule has 0 aliphatic carbocycles. The smallest absolute Gasteiger partial charge is 0.340 e. The van der Waals surface area contributed by atoms with Gasteiger partial charge >= 0.3 is 5.97 Å². The first-order valence-corrected chi connectivity index (χ1v) is 8.00. The van der Waals surface area contributed by atoms with Crippen molar-refractivity contribution >= 4 is 35.1 Å². The summed E-state index contributed by atoms with van der Waals surface area (Å²) < 4.78 is 10.0. The summed E-state index contributed by atoms with van der Waals surface area (Å²) in [5.74, 6) is -1.05. The topological polar surface area (TPSA) is 115 Å². The first kappa shape index (κ1) is 19.3. The summed E-state index contributed by atoms with van der Waals surface area (Å²) in [5, 5.41) is 3.00. The minimum Gasteiger partial charge on any atom is -0.467 e. The number of nitrogens with two attached hydrogens (primary N) is 1. The van der Waals surface area contributed by atoms with Gasteiger partial charge in [0.2, 0.25) is 5.91 Å². The number of hydrogen-bond donors (Lipinski definition) is 2. The predicted octanol–water partition coefficient (Wildman–Crippen LogP) is 1.45. The third-order valence-electron chi connectivity index (χ3n) is 3.41. The van der Waals surface area contributed by atoms with E-state index < -0.39 is 18.5 Å². The van der Waals surface area contributed by atoms with Crippen LogP contribution in [0.1, 0.15) is 16.1 Å². The van der Waals surface area contributed by atoms with Crippen LogP contribution in [0.4, 0.5) is 5.69 Å². The number of carbonyl (C=O) groups is 3. The Hall–Kier alpha value is -3.00. The first-order chi connectivity index (χ1) is 12.4. The van der Waals surface area contributed by atoms with E-state index in [1.807, 2.05) is 0 Å². The quantitative estimate of drug-likeness (QED) is 0.555. The highest BCUT2D eigenvalue weighted by Crippen LogP contribution is 2.18. The molecule has 1 heterocycles. The molecule has 0 saturated carbocycles. The molecule has 2 amide bonds. The Morgan fingerprint density at radius 1 is 1.31 bits per heavy atom. The molecule has 0 fully saturated rings. The summed E-state index contributed by atoms with van der Waals surface area (Å²) in [6, 6.07) is 7.74. The third-order valence-corrected chi connectivity index (χ3v) is 3.64. The van der Waals surface area contributed by atoms with Crippen LogP contribution < -0.4 is 11.1 Å². The average Bonchev–Trinajstić information content (AvgIpc) is 3.11. The van der Waals surface area contributed by atoms with E-state index in [-0.39, 0.29) is 30.2 Å². The van der Waals surface area contributed by atoms with E-state index in [0.717, 1.165) is 4.90 Å². The standard InChI is InChI=1S/C17H18ClN3O5/c1-21(9-15(22)20-8-12-3-2-6-25-12)16(23)10-26-17(24)13-5-4-11(18)7-14(13)19/h2-7H,8-10,19H2,1H3,(H,20,22). The fraction of sp³-hybridized carbons (Fsp3) is 0.235. The number of anilines is 1. The van der Waals surface area contributed by atoms with E-state index in [1.165, 1.54) is 31.5 Å². The Kier molecular flexibility index (Phi) is 6.62. The number of nitrogen functional groups attached to an aromatic ring is 1. The van der Waals surface area contributed by atoms with Gasteiger partial charge in [-0.25, -0.2) is 4.79 Å².